The summed E-state index contributed by atoms with van der Waals surface area (Å²) in [5, 5.41) is 54.8. The summed E-state index contributed by atoms with van der Waals surface area (Å²) < 4.78 is 16.6. The van der Waals surface area contributed by atoms with Gasteiger partial charge in [0.2, 0.25) is 5.91 Å². The Labute approximate surface area is 357 Å². The predicted molar refractivity (Wildman–Crippen MR) is 217 cm³/mol. The number of likely N-dealkylation sites (N-methyl/N-ethyl adjacent to an activating group) is 1. The smallest absolute Gasteiger partial charge is 0.410 e. The van der Waals surface area contributed by atoms with Crippen molar-refractivity contribution in [1.29, 1.82) is 0 Å². The van der Waals surface area contributed by atoms with E-state index < -0.39 is 80.2 Å². The van der Waals surface area contributed by atoms with Crippen LogP contribution in [0.25, 0.3) is 0 Å². The van der Waals surface area contributed by atoms with Gasteiger partial charge in [-0.2, -0.15) is 0 Å². The van der Waals surface area contributed by atoms with E-state index in [1.807, 2.05) is 0 Å². The number of thioether (sulfide) groups is 1. The molecule has 3 aliphatic heterocycles. The minimum atomic E-state index is -1.37. The van der Waals surface area contributed by atoms with Gasteiger partial charge in [0, 0.05) is 66.1 Å². The highest BCUT2D eigenvalue weighted by atomic mass is 32.2. The second-order valence-corrected chi connectivity index (χ2v) is 16.4. The zero-order valence-corrected chi connectivity index (χ0v) is 34.3. The SMILES string of the molecule is C[C@@H](O)[C@H]1C(=O)N2C(C(=O)OCc3ccc([N+](=O)[O-])cc3)=C(S[C@H]3C[C@@H](C(O)CN(C)C(=O)OCc4ccc([N+](=O)[O-])cc4)N(C(=O)OCc4ccc([N+](=O)[O-])cc4)C3)[C@H](C)[C@H]12. The first-order chi connectivity index (χ1) is 29.4. The van der Waals surface area contributed by atoms with Crippen LogP contribution in [0.5, 0.6) is 0 Å². The predicted octanol–water partition coefficient (Wildman–Crippen LogP) is 4.67. The molecule has 3 aliphatic rings. The molecule has 0 saturated carbocycles. The summed E-state index contributed by atoms with van der Waals surface area (Å²) in [5.74, 6) is -2.60. The van der Waals surface area contributed by atoms with Crippen molar-refractivity contribution >= 4 is 52.9 Å². The van der Waals surface area contributed by atoms with E-state index >= 15 is 0 Å². The summed E-state index contributed by atoms with van der Waals surface area (Å²) in [6.45, 7) is 2.18. The van der Waals surface area contributed by atoms with E-state index in [4.69, 9.17) is 14.2 Å². The topological polar surface area (TPSA) is 276 Å². The first-order valence-corrected chi connectivity index (χ1v) is 20.1. The van der Waals surface area contributed by atoms with Gasteiger partial charge in [-0.05, 0) is 66.4 Å². The molecular weight excluding hydrogens is 837 g/mol. The number of rotatable bonds is 16. The van der Waals surface area contributed by atoms with Crippen LogP contribution in [0.3, 0.4) is 0 Å². The Balaban J connectivity index is 1.20. The number of ether oxygens (including phenoxy) is 3. The van der Waals surface area contributed by atoms with Crippen LogP contribution < -0.4 is 0 Å². The van der Waals surface area contributed by atoms with E-state index in [-0.39, 0.29) is 62.1 Å². The van der Waals surface area contributed by atoms with Crippen LogP contribution in [0.2, 0.25) is 0 Å². The van der Waals surface area contributed by atoms with Gasteiger partial charge in [0.05, 0.1) is 51.5 Å². The minimum absolute atomic E-state index is 0.0282. The number of hydrogen-bond acceptors (Lipinski definition) is 16. The van der Waals surface area contributed by atoms with Crippen molar-refractivity contribution < 1.29 is 58.4 Å². The Bertz CT molecular complexity index is 2260. The highest BCUT2D eigenvalue weighted by molar-refractivity contribution is 8.03. The number of benzene rings is 3. The van der Waals surface area contributed by atoms with Crippen molar-refractivity contribution in [2.24, 2.45) is 11.8 Å². The van der Waals surface area contributed by atoms with E-state index in [0.29, 0.717) is 21.6 Å². The molecule has 7 atom stereocenters. The molecule has 0 aromatic heterocycles. The van der Waals surface area contributed by atoms with Gasteiger partial charge in [0.15, 0.2) is 0 Å². The number of nitro groups is 3. The summed E-state index contributed by atoms with van der Waals surface area (Å²) in [6, 6.07) is 14.6. The number of nitrogens with zero attached hydrogens (tertiary/aromatic N) is 6. The summed E-state index contributed by atoms with van der Waals surface area (Å²) in [5.41, 5.74) is 0.893. The molecular formula is C40H42N6O15S. The maximum atomic E-state index is 13.8. The first kappa shape index (κ1) is 44.9. The van der Waals surface area contributed by atoms with Gasteiger partial charge >= 0.3 is 18.2 Å². The standard InChI is InChI=1S/C40H42N6O15S/c1-22-34-33(23(2)47)37(49)43(34)35(38(50)59-19-24-4-10-27(11-5-24)44(53)54)36(22)62-30-16-31(42(17-30)40(52)61-21-26-8-14-29(15-9-26)46(57)58)32(48)18-41(3)39(51)60-20-25-6-12-28(13-7-25)45(55)56/h4-15,22-23,30-34,47-48H,16-21H2,1-3H3/t22-,23-,30+,31+,32?,33-,34-/m1/s1. The van der Waals surface area contributed by atoms with Crippen LogP contribution in [0.1, 0.15) is 37.0 Å². The lowest BCUT2D eigenvalue weighted by atomic mass is 9.79. The van der Waals surface area contributed by atoms with E-state index in [1.54, 1.807) is 6.92 Å². The minimum Gasteiger partial charge on any atom is -0.456 e. The number of aliphatic hydroxyl groups excluding tert-OH is 2. The molecule has 1 unspecified atom stereocenters. The molecule has 0 spiro atoms. The fraction of sp³-hybridized carbons (Fsp3) is 0.400. The molecule has 328 valence electrons. The normalized spacial score (nSPS) is 21.4. The van der Waals surface area contributed by atoms with E-state index in [1.165, 1.54) is 108 Å². The fourth-order valence-electron chi connectivity index (χ4n) is 7.65. The van der Waals surface area contributed by atoms with Crippen LogP contribution >= 0.6 is 11.8 Å². The number of likely N-dealkylation sites (tertiary alicyclic amines) is 1. The van der Waals surface area contributed by atoms with E-state index in [0.717, 1.165) is 4.90 Å². The maximum Gasteiger partial charge on any atom is 0.410 e. The van der Waals surface area contributed by atoms with E-state index in [9.17, 15) is 59.7 Å². The highest BCUT2D eigenvalue weighted by Gasteiger charge is 2.60. The fourth-order valence-corrected chi connectivity index (χ4v) is 9.19. The molecule has 3 aromatic carbocycles. The third-order valence-electron chi connectivity index (χ3n) is 10.9. The Kier molecular flexibility index (Phi) is 13.7. The van der Waals surface area contributed by atoms with Gasteiger partial charge in [0.1, 0.15) is 25.5 Å². The summed E-state index contributed by atoms with van der Waals surface area (Å²) in [4.78, 5) is 89.6. The van der Waals surface area contributed by atoms with Crippen LogP contribution in [-0.4, -0.2) is 113 Å². The zero-order chi connectivity index (χ0) is 45.0. The number of esters is 1. The number of fused-ring (bicyclic) bond motifs is 1. The first-order valence-electron chi connectivity index (χ1n) is 19.2. The van der Waals surface area contributed by atoms with E-state index in [2.05, 4.69) is 0 Å². The van der Waals surface area contributed by atoms with Crippen molar-refractivity contribution in [2.75, 3.05) is 20.1 Å². The largest absolute Gasteiger partial charge is 0.456 e. The van der Waals surface area contributed by atoms with Gasteiger partial charge in [-0.25, -0.2) is 14.4 Å². The van der Waals surface area contributed by atoms with Crippen molar-refractivity contribution in [3.63, 3.8) is 0 Å². The number of β-lactam (4-membered cyclic amide) rings is 1. The third kappa shape index (κ3) is 9.77. The van der Waals surface area contributed by atoms with Gasteiger partial charge in [-0.15, -0.1) is 11.8 Å². The average Bonchev–Trinajstić information content (AvgIpc) is 3.78. The van der Waals surface area contributed by atoms with Crippen LogP contribution in [0.15, 0.2) is 83.4 Å². The molecule has 2 N–H and O–H groups in total. The number of nitro benzene ring substituents is 3. The lowest BCUT2D eigenvalue weighted by Crippen LogP contribution is -2.63. The molecule has 62 heavy (non-hydrogen) atoms. The number of aliphatic hydroxyl groups is 2. The second kappa shape index (κ2) is 19.0. The van der Waals surface area contributed by atoms with Crippen molar-refractivity contribution in [3.8, 4) is 0 Å². The average molecular weight is 879 g/mol. The second-order valence-electron chi connectivity index (χ2n) is 15.1. The number of non-ortho nitro benzene ring substituents is 3. The summed E-state index contributed by atoms with van der Waals surface area (Å²) >= 11 is 1.20. The number of carbonyl (C=O) groups is 4. The summed E-state index contributed by atoms with van der Waals surface area (Å²) in [7, 11) is 1.37. The summed E-state index contributed by atoms with van der Waals surface area (Å²) in [6.07, 6.45) is -3.96. The quantitative estimate of drug-likeness (QED) is 0.0650. The monoisotopic (exact) mass is 878 g/mol. The molecule has 3 amide bonds. The molecule has 3 aromatic rings. The number of hydrogen-bond donors (Lipinski definition) is 2. The van der Waals surface area contributed by atoms with Gasteiger partial charge in [-0.1, -0.05) is 6.92 Å². The molecule has 0 radical (unpaired) electrons. The Hall–Kier alpha value is -6.65. The van der Waals surface area contributed by atoms with Crippen LogP contribution in [0, 0.1) is 42.2 Å². The van der Waals surface area contributed by atoms with Crippen LogP contribution in [-0.2, 0) is 43.6 Å². The lowest BCUT2D eigenvalue weighted by molar-refractivity contribution is -0.385. The number of carbonyl (C=O) groups excluding carboxylic acids is 4. The Morgan fingerprint density at radius 2 is 1.27 bits per heavy atom. The molecule has 0 aliphatic carbocycles. The van der Waals surface area contributed by atoms with Gasteiger partial charge in [-0.3, -0.25) is 35.1 Å². The van der Waals surface area contributed by atoms with Gasteiger partial charge < -0.3 is 39.1 Å². The molecule has 2 saturated heterocycles. The van der Waals surface area contributed by atoms with Crippen molar-refractivity contribution in [2.45, 2.75) is 69.6 Å². The Morgan fingerprint density at radius 1 is 0.806 bits per heavy atom. The highest BCUT2D eigenvalue weighted by Crippen LogP contribution is 2.52. The molecule has 6 rings (SSSR count). The Morgan fingerprint density at radius 3 is 1.74 bits per heavy atom. The van der Waals surface area contributed by atoms with Gasteiger partial charge in [0.25, 0.3) is 17.1 Å². The molecule has 3 heterocycles. The molecule has 0 bridgehead atoms. The van der Waals surface area contributed by atoms with Crippen molar-refractivity contribution in [3.05, 3.63) is 130 Å². The third-order valence-corrected chi connectivity index (χ3v) is 12.4. The van der Waals surface area contributed by atoms with Crippen LogP contribution in [0.4, 0.5) is 26.7 Å². The lowest BCUT2D eigenvalue weighted by Gasteiger charge is -2.46. The molecule has 22 heteroatoms. The maximum absolute atomic E-state index is 13.8. The molecule has 2 fully saturated rings. The van der Waals surface area contributed by atoms with Crippen molar-refractivity contribution in [1.82, 2.24) is 14.7 Å². The number of amides is 3. The molecule has 21 nitrogen and oxygen atoms in total. The zero-order valence-electron chi connectivity index (χ0n) is 33.5.